The predicted octanol–water partition coefficient (Wildman–Crippen LogP) is 8.87. The molecule has 10 heteroatoms. The van der Waals surface area contributed by atoms with Crippen LogP contribution in [0.25, 0.3) is 28.1 Å². The fourth-order valence-electron chi connectivity index (χ4n) is 4.65. The minimum Gasteiger partial charge on any atom is -0.321 e. The second-order valence-corrected chi connectivity index (χ2v) is 13.2. The van der Waals surface area contributed by atoms with Crippen LogP contribution in [0.1, 0.15) is 15.9 Å². The van der Waals surface area contributed by atoms with E-state index in [-0.39, 0.29) is 17.4 Å². The molecule has 1 heterocycles. The van der Waals surface area contributed by atoms with Crippen molar-refractivity contribution < 1.29 is 14.4 Å². The Labute approximate surface area is 288 Å². The largest absolute Gasteiger partial charge is 0.321 e. The molecule has 6 rings (SSSR count). The Balaban J connectivity index is 1.05. The maximum Gasteiger partial charge on any atom is 0.272 e. The fraction of sp³-hybridized carbons (Fsp3) is 0.0270. The van der Waals surface area contributed by atoms with E-state index in [4.69, 9.17) is 0 Å². The van der Waals surface area contributed by atoms with Crippen molar-refractivity contribution in [3.63, 3.8) is 0 Å². The quantitative estimate of drug-likeness (QED) is 0.0971. The Morgan fingerprint density at radius 2 is 1.55 bits per heavy atom. The summed E-state index contributed by atoms with van der Waals surface area (Å²) in [6.45, 7) is 0. The van der Waals surface area contributed by atoms with Crippen LogP contribution < -0.4 is 16.0 Å². The van der Waals surface area contributed by atoms with Crippen molar-refractivity contribution in [1.82, 2.24) is 10.3 Å². The van der Waals surface area contributed by atoms with Crippen molar-refractivity contribution >= 4 is 84.4 Å². The monoisotopic (exact) mass is 718 g/mol. The highest BCUT2D eigenvalue weighted by atomic mass is 79.9. The fourth-order valence-corrected chi connectivity index (χ4v) is 6.51. The van der Waals surface area contributed by atoms with Crippen molar-refractivity contribution in [3.05, 3.63) is 148 Å². The lowest BCUT2D eigenvalue weighted by atomic mass is 10.1. The zero-order valence-electron chi connectivity index (χ0n) is 24.8. The first-order chi connectivity index (χ1) is 22.9. The first-order valence-corrected chi connectivity index (χ1v) is 17.2. The minimum atomic E-state index is -0.472. The number of benzene rings is 5. The number of fused-ring (bicyclic) bond motifs is 1. The van der Waals surface area contributed by atoms with Crippen molar-refractivity contribution in [2.75, 3.05) is 16.4 Å². The van der Waals surface area contributed by atoms with E-state index in [9.17, 15) is 14.4 Å². The highest BCUT2D eigenvalue weighted by molar-refractivity contribution is 9.10. The summed E-state index contributed by atoms with van der Waals surface area (Å²) in [6.07, 6.45) is 1.62. The number of halogens is 1. The average molecular weight is 720 g/mol. The maximum absolute atomic E-state index is 13.3. The molecule has 0 atom stereocenters. The third-order valence-electron chi connectivity index (χ3n) is 6.97. The van der Waals surface area contributed by atoms with E-state index in [2.05, 4.69) is 61.1 Å². The van der Waals surface area contributed by atoms with Crippen molar-refractivity contribution in [2.45, 2.75) is 4.90 Å². The highest BCUT2D eigenvalue weighted by Crippen LogP contribution is 2.28. The molecule has 232 valence electrons. The van der Waals surface area contributed by atoms with Gasteiger partial charge in [0, 0.05) is 31.6 Å². The van der Waals surface area contributed by atoms with Crippen LogP contribution in [-0.4, -0.2) is 28.5 Å². The first kappa shape index (κ1) is 31.9. The molecule has 0 aliphatic carbocycles. The molecule has 0 radical (unpaired) electrons. The third kappa shape index (κ3) is 8.62. The average Bonchev–Trinajstić information content (AvgIpc) is 3.56. The van der Waals surface area contributed by atoms with E-state index < -0.39 is 11.8 Å². The van der Waals surface area contributed by atoms with E-state index in [0.717, 1.165) is 37.0 Å². The van der Waals surface area contributed by atoms with Crippen molar-refractivity contribution in [1.29, 1.82) is 0 Å². The van der Waals surface area contributed by atoms with Crippen LogP contribution in [0, 0.1) is 0 Å². The number of carbonyl (C=O) groups excluding carboxylic acids is 3. The Bertz CT molecular complexity index is 2100. The third-order valence-corrected chi connectivity index (χ3v) is 9.23. The van der Waals surface area contributed by atoms with Gasteiger partial charge in [0.15, 0.2) is 5.13 Å². The van der Waals surface area contributed by atoms with E-state index in [0.29, 0.717) is 16.4 Å². The van der Waals surface area contributed by atoms with Gasteiger partial charge in [-0.25, -0.2) is 4.98 Å². The lowest BCUT2D eigenvalue weighted by Gasteiger charge is -2.12. The van der Waals surface area contributed by atoms with Gasteiger partial charge in [-0.1, -0.05) is 82.7 Å². The number of hydrogen-bond acceptors (Lipinski definition) is 6. The second-order valence-electron chi connectivity index (χ2n) is 10.3. The summed E-state index contributed by atoms with van der Waals surface area (Å²) in [5.74, 6) is -0.833. The Kier molecular flexibility index (Phi) is 10.2. The minimum absolute atomic E-state index is 0.0954. The summed E-state index contributed by atoms with van der Waals surface area (Å²) in [4.78, 5) is 44.4. The normalized spacial score (nSPS) is 11.2. The Morgan fingerprint density at radius 1 is 0.787 bits per heavy atom. The van der Waals surface area contributed by atoms with Gasteiger partial charge in [0.2, 0.25) is 5.91 Å². The summed E-state index contributed by atoms with van der Waals surface area (Å²) < 4.78 is 0.847. The molecule has 0 saturated heterocycles. The first-order valence-electron chi connectivity index (χ1n) is 14.5. The number of hydrogen-bond donors (Lipinski definition) is 3. The van der Waals surface area contributed by atoms with Crippen LogP contribution in [-0.2, 0) is 9.59 Å². The Hall–Kier alpha value is -5.03. The summed E-state index contributed by atoms with van der Waals surface area (Å²) in [7, 11) is 0. The summed E-state index contributed by atoms with van der Waals surface area (Å²) in [5, 5.41) is 13.3. The molecule has 0 saturated carbocycles. The van der Waals surface area contributed by atoms with Crippen LogP contribution in [0.15, 0.2) is 142 Å². The molecule has 47 heavy (non-hydrogen) atoms. The molecule has 0 aliphatic heterocycles. The number of amides is 3. The zero-order valence-corrected chi connectivity index (χ0v) is 28.0. The van der Waals surface area contributed by atoms with Crippen LogP contribution in [0.3, 0.4) is 0 Å². The smallest absolute Gasteiger partial charge is 0.272 e. The van der Waals surface area contributed by atoms with E-state index >= 15 is 0 Å². The van der Waals surface area contributed by atoms with Crippen LogP contribution in [0.5, 0.6) is 0 Å². The molecule has 0 aliphatic rings. The van der Waals surface area contributed by atoms with Crippen LogP contribution in [0.2, 0.25) is 0 Å². The zero-order chi connectivity index (χ0) is 32.6. The van der Waals surface area contributed by atoms with Crippen molar-refractivity contribution in [3.8, 4) is 11.3 Å². The number of rotatable bonds is 10. The predicted molar refractivity (Wildman–Crippen MR) is 196 cm³/mol. The molecule has 6 aromatic rings. The van der Waals surface area contributed by atoms with E-state index in [1.165, 1.54) is 23.1 Å². The molecule has 1 aromatic heterocycles. The number of carbonyl (C=O) groups is 3. The van der Waals surface area contributed by atoms with E-state index in [1.807, 2.05) is 66.0 Å². The molecule has 3 amide bonds. The summed E-state index contributed by atoms with van der Waals surface area (Å²) >= 11 is 6.21. The van der Waals surface area contributed by atoms with Gasteiger partial charge < -0.3 is 16.0 Å². The van der Waals surface area contributed by atoms with E-state index in [1.54, 1.807) is 42.5 Å². The number of aromatic nitrogens is 1. The molecule has 3 N–H and O–H groups in total. The summed E-state index contributed by atoms with van der Waals surface area (Å²) in [6, 6.07) is 37.6. The van der Waals surface area contributed by atoms with Crippen LogP contribution >= 0.6 is 39.0 Å². The summed E-state index contributed by atoms with van der Waals surface area (Å²) in [5.41, 5.74) is 3.63. The molecule has 5 aromatic carbocycles. The van der Waals surface area contributed by atoms with Crippen molar-refractivity contribution in [2.24, 2.45) is 0 Å². The molecular formula is C37H27BrN4O3S2. The van der Waals surface area contributed by atoms with Gasteiger partial charge in [0.25, 0.3) is 11.8 Å². The molecule has 0 fully saturated rings. The second kappa shape index (κ2) is 15.0. The maximum atomic E-state index is 13.3. The number of nitrogens with one attached hydrogen (secondary N) is 3. The highest BCUT2D eigenvalue weighted by Gasteiger charge is 2.16. The van der Waals surface area contributed by atoms with Gasteiger partial charge in [-0.3, -0.25) is 14.4 Å². The van der Waals surface area contributed by atoms with Gasteiger partial charge >= 0.3 is 0 Å². The number of nitrogens with zero attached hydrogens (tertiary/aromatic N) is 1. The lowest BCUT2D eigenvalue weighted by Crippen LogP contribution is -2.30. The lowest BCUT2D eigenvalue weighted by molar-refractivity contribution is -0.114. The molecule has 0 spiro atoms. The van der Waals surface area contributed by atoms with Gasteiger partial charge in [-0.15, -0.1) is 23.1 Å². The van der Waals surface area contributed by atoms with Gasteiger partial charge in [0.1, 0.15) is 5.70 Å². The standard InChI is InChI=1S/C37H27BrN4O3S2/c38-29-12-6-7-24(19-29)20-32(40-35(44)26-9-2-1-3-10-26)36(45)39-30-15-17-31(18-16-30)46-23-34(43)42-37-41-33(22-47-37)28-14-13-25-8-4-5-11-27(25)21-28/h1-22H,23H2,(H,39,45)(H,40,44)(H,41,42,43)/b32-20-. The number of anilines is 2. The molecular weight excluding hydrogens is 692 g/mol. The van der Waals surface area contributed by atoms with Gasteiger partial charge in [-0.2, -0.15) is 0 Å². The topological polar surface area (TPSA) is 100 Å². The molecule has 0 unspecified atom stereocenters. The molecule has 0 bridgehead atoms. The Morgan fingerprint density at radius 3 is 2.34 bits per heavy atom. The number of thiazole rings is 1. The van der Waals surface area contributed by atoms with Gasteiger partial charge in [0.05, 0.1) is 11.4 Å². The SMILES string of the molecule is O=C(CSc1ccc(NC(=O)/C(=C/c2cccc(Br)c2)NC(=O)c2ccccc2)cc1)Nc1nc(-c2ccc3ccccc3c2)cs1. The van der Waals surface area contributed by atoms with Gasteiger partial charge in [-0.05, 0) is 77.0 Å². The van der Waals surface area contributed by atoms with Crippen LogP contribution in [0.4, 0.5) is 10.8 Å². The number of thioether (sulfide) groups is 1. The molecule has 7 nitrogen and oxygen atoms in total.